The first-order chi connectivity index (χ1) is 9.74. The van der Waals surface area contributed by atoms with Crippen molar-refractivity contribution in [1.82, 2.24) is 5.32 Å². The van der Waals surface area contributed by atoms with Crippen LogP contribution < -0.4 is 10.1 Å². The standard InChI is InChI=1S/C17H21NOS/c1-12(2)17(16-8-5-9-20-16)18-11-14-10-13-6-3-4-7-15(13)19-14/h3-9,12,14,17-18H,10-11H2,1-2H3. The molecule has 2 heterocycles. The molecular weight excluding hydrogens is 266 g/mol. The first-order valence-electron chi connectivity index (χ1n) is 7.25. The molecule has 2 atom stereocenters. The fourth-order valence-electron chi connectivity index (χ4n) is 2.76. The Hall–Kier alpha value is -1.32. The number of ether oxygens (including phenoxy) is 1. The van der Waals surface area contributed by atoms with Crippen molar-refractivity contribution in [1.29, 1.82) is 0 Å². The van der Waals surface area contributed by atoms with Gasteiger partial charge < -0.3 is 10.1 Å². The fraction of sp³-hybridized carbons (Fsp3) is 0.412. The van der Waals surface area contributed by atoms with Gasteiger partial charge in [-0.1, -0.05) is 38.1 Å². The quantitative estimate of drug-likeness (QED) is 0.896. The highest BCUT2D eigenvalue weighted by Gasteiger charge is 2.24. The monoisotopic (exact) mass is 287 g/mol. The molecule has 106 valence electrons. The number of hydrogen-bond donors (Lipinski definition) is 1. The van der Waals surface area contributed by atoms with E-state index in [1.54, 1.807) is 0 Å². The third kappa shape index (κ3) is 2.89. The molecule has 1 N–H and O–H groups in total. The van der Waals surface area contributed by atoms with Gasteiger partial charge >= 0.3 is 0 Å². The van der Waals surface area contributed by atoms with E-state index in [2.05, 4.69) is 54.9 Å². The van der Waals surface area contributed by atoms with E-state index in [4.69, 9.17) is 4.74 Å². The third-order valence-electron chi connectivity index (χ3n) is 3.80. The van der Waals surface area contributed by atoms with Crippen LogP contribution >= 0.6 is 11.3 Å². The molecule has 0 radical (unpaired) electrons. The molecule has 0 fully saturated rings. The summed E-state index contributed by atoms with van der Waals surface area (Å²) < 4.78 is 6.00. The molecule has 1 aromatic heterocycles. The Labute approximate surface area is 124 Å². The summed E-state index contributed by atoms with van der Waals surface area (Å²) in [6, 6.07) is 13.1. The maximum Gasteiger partial charge on any atom is 0.123 e. The Kier molecular flexibility index (Phi) is 4.08. The second kappa shape index (κ2) is 5.98. The average molecular weight is 287 g/mol. The minimum absolute atomic E-state index is 0.258. The van der Waals surface area contributed by atoms with Gasteiger partial charge in [-0.05, 0) is 29.0 Å². The first kappa shape index (κ1) is 13.7. The number of para-hydroxylation sites is 1. The molecule has 1 aliphatic rings. The number of fused-ring (bicyclic) bond motifs is 1. The van der Waals surface area contributed by atoms with Gasteiger partial charge in [-0.25, -0.2) is 0 Å². The largest absolute Gasteiger partial charge is 0.488 e. The summed E-state index contributed by atoms with van der Waals surface area (Å²) in [6.07, 6.45) is 1.27. The maximum absolute atomic E-state index is 6.00. The molecule has 3 rings (SSSR count). The highest BCUT2D eigenvalue weighted by molar-refractivity contribution is 7.10. The lowest BCUT2D eigenvalue weighted by Crippen LogP contribution is -2.34. The van der Waals surface area contributed by atoms with Crippen molar-refractivity contribution in [3.63, 3.8) is 0 Å². The van der Waals surface area contributed by atoms with E-state index in [0.717, 1.165) is 18.7 Å². The fourth-order valence-corrected chi connectivity index (χ4v) is 3.73. The van der Waals surface area contributed by atoms with E-state index >= 15 is 0 Å². The molecule has 0 saturated heterocycles. The van der Waals surface area contributed by atoms with Crippen molar-refractivity contribution in [3.8, 4) is 5.75 Å². The van der Waals surface area contributed by atoms with Gasteiger partial charge in [-0.15, -0.1) is 11.3 Å². The zero-order valence-electron chi connectivity index (χ0n) is 12.0. The molecule has 0 bridgehead atoms. The minimum atomic E-state index is 0.258. The second-order valence-corrected chi connectivity index (χ2v) is 6.68. The molecule has 0 amide bonds. The number of thiophene rings is 1. The summed E-state index contributed by atoms with van der Waals surface area (Å²) in [7, 11) is 0. The van der Waals surface area contributed by atoms with E-state index in [9.17, 15) is 0 Å². The molecule has 2 unspecified atom stereocenters. The number of benzene rings is 1. The predicted octanol–water partition coefficient (Wildman–Crippen LogP) is 4.04. The highest BCUT2D eigenvalue weighted by atomic mass is 32.1. The van der Waals surface area contributed by atoms with Gasteiger partial charge in [0.1, 0.15) is 11.9 Å². The summed E-state index contributed by atoms with van der Waals surface area (Å²) in [4.78, 5) is 1.41. The summed E-state index contributed by atoms with van der Waals surface area (Å²) >= 11 is 1.83. The first-order valence-corrected chi connectivity index (χ1v) is 8.13. The molecule has 2 nitrogen and oxygen atoms in total. The average Bonchev–Trinajstić information content (AvgIpc) is 3.06. The van der Waals surface area contributed by atoms with Crippen molar-refractivity contribution >= 4 is 11.3 Å². The van der Waals surface area contributed by atoms with Gasteiger partial charge in [0.15, 0.2) is 0 Å². The lowest BCUT2D eigenvalue weighted by Gasteiger charge is -2.23. The minimum Gasteiger partial charge on any atom is -0.488 e. The van der Waals surface area contributed by atoms with Gasteiger partial charge in [0.05, 0.1) is 0 Å². The van der Waals surface area contributed by atoms with Gasteiger partial charge in [0.2, 0.25) is 0 Å². The van der Waals surface area contributed by atoms with E-state index in [-0.39, 0.29) is 6.10 Å². The number of nitrogens with one attached hydrogen (secondary N) is 1. The van der Waals surface area contributed by atoms with Gasteiger partial charge in [-0.3, -0.25) is 0 Å². The highest BCUT2D eigenvalue weighted by Crippen LogP contribution is 2.29. The molecule has 2 aromatic rings. The third-order valence-corrected chi connectivity index (χ3v) is 4.75. The van der Waals surface area contributed by atoms with Crippen LogP contribution in [-0.4, -0.2) is 12.6 Å². The van der Waals surface area contributed by atoms with Crippen LogP contribution in [0.15, 0.2) is 41.8 Å². The smallest absolute Gasteiger partial charge is 0.123 e. The van der Waals surface area contributed by atoms with Crippen LogP contribution in [0, 0.1) is 5.92 Å². The van der Waals surface area contributed by atoms with E-state index < -0.39 is 0 Å². The normalized spacial score (nSPS) is 18.9. The van der Waals surface area contributed by atoms with Crippen molar-refractivity contribution in [2.24, 2.45) is 5.92 Å². The Bertz CT molecular complexity index is 525. The Morgan fingerprint density at radius 3 is 2.80 bits per heavy atom. The molecule has 3 heteroatoms. The maximum atomic E-state index is 6.00. The molecule has 1 aromatic carbocycles. The second-order valence-electron chi connectivity index (χ2n) is 5.70. The summed E-state index contributed by atoms with van der Waals surface area (Å²) in [5, 5.41) is 5.83. The SMILES string of the molecule is CC(C)C(NCC1Cc2ccccc2O1)c1cccs1. The summed E-state index contributed by atoms with van der Waals surface area (Å²) in [6.45, 7) is 5.43. The van der Waals surface area contributed by atoms with Crippen molar-refractivity contribution in [2.45, 2.75) is 32.4 Å². The van der Waals surface area contributed by atoms with Gasteiger partial charge in [-0.2, -0.15) is 0 Å². The zero-order valence-corrected chi connectivity index (χ0v) is 12.8. The van der Waals surface area contributed by atoms with Gasteiger partial charge in [0.25, 0.3) is 0 Å². The van der Waals surface area contributed by atoms with E-state index in [1.807, 2.05) is 17.4 Å². The molecule has 1 aliphatic heterocycles. The Morgan fingerprint density at radius 1 is 1.25 bits per heavy atom. The Balaban J connectivity index is 1.60. The summed E-state index contributed by atoms with van der Waals surface area (Å²) in [5.74, 6) is 1.63. The van der Waals surface area contributed by atoms with Crippen LogP contribution in [0.4, 0.5) is 0 Å². The molecule has 0 aliphatic carbocycles. The molecule has 0 spiro atoms. The summed E-state index contributed by atoms with van der Waals surface area (Å²) in [5.41, 5.74) is 1.33. The van der Waals surface area contributed by atoms with Crippen LogP contribution in [0.1, 0.15) is 30.3 Å². The zero-order chi connectivity index (χ0) is 13.9. The van der Waals surface area contributed by atoms with Crippen molar-refractivity contribution in [2.75, 3.05) is 6.54 Å². The molecular formula is C17H21NOS. The van der Waals surface area contributed by atoms with Gasteiger partial charge in [0, 0.05) is 23.9 Å². The lowest BCUT2D eigenvalue weighted by molar-refractivity contribution is 0.215. The number of hydrogen-bond acceptors (Lipinski definition) is 3. The van der Waals surface area contributed by atoms with Crippen LogP contribution in [0.5, 0.6) is 5.75 Å². The number of rotatable bonds is 5. The lowest BCUT2D eigenvalue weighted by atomic mass is 10.0. The predicted molar refractivity (Wildman–Crippen MR) is 84.5 cm³/mol. The van der Waals surface area contributed by atoms with Crippen LogP contribution in [0.3, 0.4) is 0 Å². The van der Waals surface area contributed by atoms with Crippen LogP contribution in [-0.2, 0) is 6.42 Å². The van der Waals surface area contributed by atoms with Crippen molar-refractivity contribution < 1.29 is 4.74 Å². The van der Waals surface area contributed by atoms with E-state index in [0.29, 0.717) is 12.0 Å². The molecule has 20 heavy (non-hydrogen) atoms. The molecule has 0 saturated carbocycles. The topological polar surface area (TPSA) is 21.3 Å². The van der Waals surface area contributed by atoms with E-state index in [1.165, 1.54) is 10.4 Å². The van der Waals surface area contributed by atoms with Crippen LogP contribution in [0.2, 0.25) is 0 Å². The Morgan fingerprint density at radius 2 is 2.10 bits per heavy atom. The van der Waals surface area contributed by atoms with Crippen molar-refractivity contribution in [3.05, 3.63) is 52.2 Å². The van der Waals surface area contributed by atoms with Crippen LogP contribution in [0.25, 0.3) is 0 Å².